The number of nitrogens with zero attached hydrogens (tertiary/aromatic N) is 1. The van der Waals surface area contributed by atoms with Crippen LogP contribution in [0.4, 0.5) is 10.5 Å². The van der Waals surface area contributed by atoms with E-state index < -0.39 is 18.2 Å². The first-order chi connectivity index (χ1) is 15.6. The molecule has 1 heterocycles. The maximum Gasteiger partial charge on any atom is 0.414 e. The second-order valence-corrected chi connectivity index (χ2v) is 8.11. The van der Waals surface area contributed by atoms with Gasteiger partial charge in [0.15, 0.2) is 0 Å². The van der Waals surface area contributed by atoms with Gasteiger partial charge in [0, 0.05) is 12.3 Å². The van der Waals surface area contributed by atoms with E-state index >= 15 is 0 Å². The molecule has 6 nitrogen and oxygen atoms in total. The van der Waals surface area contributed by atoms with E-state index in [4.69, 9.17) is 9.47 Å². The first-order valence-electron chi connectivity index (χ1n) is 10.6. The summed E-state index contributed by atoms with van der Waals surface area (Å²) in [7, 11) is 1.32. The number of hydrogen-bond donors (Lipinski definition) is 1. The topological polar surface area (TPSA) is 76.1 Å². The summed E-state index contributed by atoms with van der Waals surface area (Å²) in [5.74, 6) is -0.497. The Morgan fingerprint density at radius 2 is 1.66 bits per heavy atom. The van der Waals surface area contributed by atoms with Crippen molar-refractivity contribution < 1.29 is 24.2 Å². The average molecular weight is 429 g/mol. The number of rotatable bonds is 3. The SMILES string of the molecule is COC(=O)c1ccc2c(c1)CC(O)CN2C(=O)OCC1c2ccccc2-c2ccccc21. The fraction of sp³-hybridized carbons (Fsp3) is 0.231. The number of amides is 1. The van der Waals surface area contributed by atoms with Crippen LogP contribution in [0.25, 0.3) is 11.1 Å². The number of esters is 1. The number of ether oxygens (including phenoxy) is 2. The van der Waals surface area contributed by atoms with Gasteiger partial charge in [0.2, 0.25) is 0 Å². The predicted octanol–water partition coefficient (Wildman–Crippen LogP) is 4.15. The molecule has 0 saturated heterocycles. The Hall–Kier alpha value is -3.64. The molecular weight excluding hydrogens is 406 g/mol. The summed E-state index contributed by atoms with van der Waals surface area (Å²) in [4.78, 5) is 26.4. The summed E-state index contributed by atoms with van der Waals surface area (Å²) in [5, 5.41) is 10.3. The summed E-state index contributed by atoms with van der Waals surface area (Å²) in [6.45, 7) is 0.344. The molecule has 1 aliphatic heterocycles. The first kappa shape index (κ1) is 20.3. The minimum Gasteiger partial charge on any atom is -0.465 e. The average Bonchev–Trinajstić information content (AvgIpc) is 3.14. The van der Waals surface area contributed by atoms with Gasteiger partial charge in [-0.05, 0) is 46.0 Å². The van der Waals surface area contributed by atoms with Gasteiger partial charge < -0.3 is 14.6 Å². The van der Waals surface area contributed by atoms with Crippen molar-refractivity contribution in [2.45, 2.75) is 18.4 Å². The third-order valence-corrected chi connectivity index (χ3v) is 6.20. The van der Waals surface area contributed by atoms with Crippen LogP contribution in [0.1, 0.15) is 33.0 Å². The van der Waals surface area contributed by atoms with E-state index in [9.17, 15) is 14.7 Å². The maximum absolute atomic E-state index is 13.1. The van der Waals surface area contributed by atoms with E-state index in [2.05, 4.69) is 24.3 Å². The third kappa shape index (κ3) is 3.42. The van der Waals surface area contributed by atoms with Crippen molar-refractivity contribution in [3.05, 3.63) is 89.0 Å². The number of aliphatic hydroxyl groups is 1. The van der Waals surface area contributed by atoms with E-state index in [-0.39, 0.29) is 19.1 Å². The molecule has 1 unspecified atom stereocenters. The van der Waals surface area contributed by atoms with E-state index in [0.29, 0.717) is 23.2 Å². The number of hydrogen-bond acceptors (Lipinski definition) is 5. The number of anilines is 1. The summed E-state index contributed by atoms with van der Waals surface area (Å²) in [6, 6.07) is 21.3. The zero-order valence-corrected chi connectivity index (χ0v) is 17.7. The molecule has 0 aromatic heterocycles. The van der Waals surface area contributed by atoms with Gasteiger partial charge in [-0.15, -0.1) is 0 Å². The van der Waals surface area contributed by atoms with Gasteiger partial charge in [0.25, 0.3) is 0 Å². The Bertz CT molecular complexity index is 1160. The van der Waals surface area contributed by atoms with E-state index in [1.807, 2.05) is 24.3 Å². The Labute approximate surface area is 186 Å². The van der Waals surface area contributed by atoms with Crippen molar-refractivity contribution in [1.82, 2.24) is 0 Å². The monoisotopic (exact) mass is 429 g/mol. The molecule has 2 aliphatic rings. The molecule has 0 saturated carbocycles. The number of methoxy groups -OCH3 is 1. The Kier molecular flexibility index (Phi) is 5.15. The molecule has 0 radical (unpaired) electrons. The quantitative estimate of drug-likeness (QED) is 0.633. The lowest BCUT2D eigenvalue weighted by Crippen LogP contribution is -2.43. The van der Waals surface area contributed by atoms with Crippen LogP contribution in [0.2, 0.25) is 0 Å². The fourth-order valence-corrected chi connectivity index (χ4v) is 4.73. The first-order valence-corrected chi connectivity index (χ1v) is 10.6. The van der Waals surface area contributed by atoms with Gasteiger partial charge in [-0.1, -0.05) is 48.5 Å². The molecule has 0 spiro atoms. The van der Waals surface area contributed by atoms with Crippen molar-refractivity contribution in [3.8, 4) is 11.1 Å². The van der Waals surface area contributed by atoms with Crippen molar-refractivity contribution >= 4 is 17.7 Å². The Morgan fingerprint density at radius 3 is 2.31 bits per heavy atom. The van der Waals surface area contributed by atoms with Crippen LogP contribution < -0.4 is 4.90 Å². The normalized spacial score (nSPS) is 16.7. The molecule has 3 aromatic rings. The smallest absolute Gasteiger partial charge is 0.414 e. The number of carbonyl (C=O) groups excluding carboxylic acids is 2. The van der Waals surface area contributed by atoms with E-state index in [1.54, 1.807) is 18.2 Å². The van der Waals surface area contributed by atoms with Crippen molar-refractivity contribution in [1.29, 1.82) is 0 Å². The maximum atomic E-state index is 13.1. The molecule has 3 aromatic carbocycles. The summed E-state index contributed by atoms with van der Waals surface area (Å²) < 4.78 is 10.5. The highest BCUT2D eigenvalue weighted by Gasteiger charge is 2.32. The van der Waals surface area contributed by atoms with Gasteiger partial charge in [-0.3, -0.25) is 4.90 Å². The highest BCUT2D eigenvalue weighted by molar-refractivity contribution is 5.93. The number of benzene rings is 3. The van der Waals surface area contributed by atoms with Gasteiger partial charge >= 0.3 is 12.1 Å². The number of aliphatic hydroxyl groups excluding tert-OH is 1. The molecule has 162 valence electrons. The Balaban J connectivity index is 1.38. The lowest BCUT2D eigenvalue weighted by Gasteiger charge is -2.32. The Morgan fingerprint density at radius 1 is 1.00 bits per heavy atom. The molecule has 6 heteroatoms. The number of fused-ring (bicyclic) bond motifs is 4. The van der Waals surface area contributed by atoms with Crippen LogP contribution in [0, 0.1) is 0 Å². The molecule has 32 heavy (non-hydrogen) atoms. The molecule has 0 fully saturated rings. The zero-order valence-electron chi connectivity index (χ0n) is 17.7. The molecule has 1 amide bonds. The minimum absolute atomic E-state index is 0.0396. The zero-order chi connectivity index (χ0) is 22.2. The van der Waals surface area contributed by atoms with Crippen molar-refractivity contribution in [3.63, 3.8) is 0 Å². The van der Waals surface area contributed by atoms with Crippen LogP contribution in [-0.2, 0) is 15.9 Å². The number of β-amino-alcohol motifs (C(OH)–C–C–N with tert-alkyl or cyclic N) is 1. The van der Waals surface area contributed by atoms with Crippen molar-refractivity contribution in [2.75, 3.05) is 25.2 Å². The molecule has 5 rings (SSSR count). The largest absolute Gasteiger partial charge is 0.465 e. The molecule has 1 N–H and O–H groups in total. The van der Waals surface area contributed by atoms with Crippen LogP contribution in [0.3, 0.4) is 0 Å². The van der Waals surface area contributed by atoms with Gasteiger partial charge in [0.1, 0.15) is 6.61 Å². The summed E-state index contributed by atoms with van der Waals surface area (Å²) >= 11 is 0. The number of carbonyl (C=O) groups is 2. The lowest BCUT2D eigenvalue weighted by molar-refractivity contribution is 0.0600. The highest BCUT2D eigenvalue weighted by Crippen LogP contribution is 2.44. The summed E-state index contributed by atoms with van der Waals surface area (Å²) in [5.41, 5.74) is 6.34. The third-order valence-electron chi connectivity index (χ3n) is 6.20. The van der Waals surface area contributed by atoms with Gasteiger partial charge in [-0.2, -0.15) is 0 Å². The molecule has 1 atom stereocenters. The van der Waals surface area contributed by atoms with Gasteiger partial charge in [-0.25, -0.2) is 9.59 Å². The molecule has 0 bridgehead atoms. The van der Waals surface area contributed by atoms with Crippen molar-refractivity contribution in [2.24, 2.45) is 0 Å². The minimum atomic E-state index is -0.740. The lowest BCUT2D eigenvalue weighted by atomic mass is 9.97. The second-order valence-electron chi connectivity index (χ2n) is 8.11. The summed E-state index contributed by atoms with van der Waals surface area (Å²) in [6.07, 6.45) is -0.901. The van der Waals surface area contributed by atoms with Crippen LogP contribution >= 0.6 is 0 Å². The van der Waals surface area contributed by atoms with Crippen LogP contribution in [0.15, 0.2) is 66.7 Å². The van der Waals surface area contributed by atoms with Crippen LogP contribution in [-0.4, -0.2) is 43.5 Å². The second kappa shape index (κ2) is 8.13. The highest BCUT2D eigenvalue weighted by atomic mass is 16.6. The van der Waals surface area contributed by atoms with E-state index in [1.165, 1.54) is 23.1 Å². The predicted molar refractivity (Wildman–Crippen MR) is 120 cm³/mol. The fourth-order valence-electron chi connectivity index (χ4n) is 4.73. The van der Waals surface area contributed by atoms with Gasteiger partial charge in [0.05, 0.1) is 31.0 Å². The standard InChI is InChI=1S/C26H23NO5/c1-31-25(29)16-10-11-24-17(12-16)13-18(28)14-27(24)26(30)32-15-23-21-8-4-2-6-19(21)20-7-3-5-9-22(20)23/h2-12,18,23,28H,13-15H2,1H3. The van der Waals surface area contributed by atoms with Crippen LogP contribution in [0.5, 0.6) is 0 Å². The molecular formula is C26H23NO5. The molecule has 1 aliphatic carbocycles. The van der Waals surface area contributed by atoms with E-state index in [0.717, 1.165) is 11.1 Å².